The average molecular weight is 1470 g/mol. The Hall–Kier alpha value is -15.3. The van der Waals surface area contributed by atoms with E-state index in [-0.39, 0.29) is 0 Å². The zero-order chi connectivity index (χ0) is 75.7. The number of benzene rings is 10. The Bertz CT molecular complexity index is 6420. The van der Waals surface area contributed by atoms with Crippen molar-refractivity contribution in [2.45, 2.75) is 13.2 Å². The molecule has 540 valence electrons. The summed E-state index contributed by atoms with van der Waals surface area (Å²) >= 11 is 0. The molecule has 4 aliphatic heterocycles. The van der Waals surface area contributed by atoms with Gasteiger partial charge in [-0.05, 0) is 188 Å². The average Bonchev–Trinajstić information content (AvgIpc) is 1.62. The van der Waals surface area contributed by atoms with E-state index in [1.165, 1.54) is 0 Å². The topological polar surface area (TPSA) is 133 Å². The van der Waals surface area contributed by atoms with Gasteiger partial charge < -0.3 is 29.4 Å². The summed E-state index contributed by atoms with van der Waals surface area (Å²) in [6, 6.07) is 114. The van der Waals surface area contributed by atoms with Gasteiger partial charge in [0.1, 0.15) is 24.7 Å². The van der Waals surface area contributed by atoms with Crippen LogP contribution in [0.2, 0.25) is 0 Å². The van der Waals surface area contributed by atoms with Crippen LogP contribution in [0.4, 0.5) is 0 Å². The van der Waals surface area contributed by atoms with Crippen LogP contribution in [0.1, 0.15) is 67.8 Å². The maximum absolute atomic E-state index is 6.67. The summed E-state index contributed by atoms with van der Waals surface area (Å²) in [5, 5.41) is 0. The second-order valence-corrected chi connectivity index (χ2v) is 28.7. The number of fused-ring (bicyclic) bond motifs is 16. The predicted octanol–water partition coefficient (Wildman–Crippen LogP) is 26.3. The zero-order valence-electron chi connectivity index (χ0n) is 62.0. The normalized spacial score (nSPS) is 12.1. The maximum atomic E-state index is 6.67. The summed E-state index contributed by atoms with van der Waals surface area (Å²) in [4.78, 5) is 37.5. The van der Waals surface area contributed by atoms with E-state index in [4.69, 9.17) is 29.4 Å². The van der Waals surface area contributed by atoms with Crippen molar-refractivity contribution in [1.29, 1.82) is 0 Å². The van der Waals surface area contributed by atoms with Crippen molar-refractivity contribution in [2.75, 3.05) is 0 Å². The molecule has 0 unspecified atom stereocenters. The van der Waals surface area contributed by atoms with E-state index in [0.717, 1.165) is 212 Å². The smallest absolute Gasteiger partial charge is 0.120 e. The minimum atomic E-state index is 0.381. The molecule has 4 aliphatic rings. The summed E-state index contributed by atoms with van der Waals surface area (Å²) in [6.45, 7) is 0.763. The van der Waals surface area contributed by atoms with Gasteiger partial charge in [0.25, 0.3) is 0 Å². The summed E-state index contributed by atoms with van der Waals surface area (Å²) in [6.07, 6.45) is 21.4. The monoisotopic (exact) mass is 1460 g/mol. The molecule has 16 aromatic rings. The largest absolute Gasteiger partial charge is 0.489 e. The highest BCUT2D eigenvalue weighted by atomic mass is 16.5. The second kappa shape index (κ2) is 30.0. The van der Waals surface area contributed by atoms with E-state index >= 15 is 0 Å². The summed E-state index contributed by atoms with van der Waals surface area (Å²) in [5.41, 5.74) is 34.8. The number of aromatic amines is 4. The van der Waals surface area contributed by atoms with Gasteiger partial charge in [0.2, 0.25) is 0 Å². The van der Waals surface area contributed by atoms with Crippen LogP contribution in [0.3, 0.4) is 0 Å². The van der Waals surface area contributed by atoms with Crippen molar-refractivity contribution >= 4 is 105 Å². The number of nitrogens with one attached hydrogen (secondary N) is 4. The van der Waals surface area contributed by atoms with Gasteiger partial charge >= 0.3 is 0 Å². The quantitative estimate of drug-likeness (QED) is 0.0712. The molecule has 0 spiro atoms. The Balaban J connectivity index is 0.568. The molecule has 4 N–H and O–H groups in total. The van der Waals surface area contributed by atoms with Crippen LogP contribution in [0.25, 0.3) is 194 Å². The number of hydrogen-bond donors (Lipinski definition) is 4. The molecule has 10 heteroatoms. The molecule has 0 radical (unpaired) electrons. The number of ether oxygens (including phenoxy) is 2. The Kier molecular flexibility index (Phi) is 17.9. The Morgan fingerprint density at radius 1 is 0.202 bits per heavy atom. The number of nitrogens with zero attached hydrogens (tertiary/aromatic N) is 4. The highest BCUT2D eigenvalue weighted by Crippen LogP contribution is 2.43. The molecule has 10 heterocycles. The van der Waals surface area contributed by atoms with E-state index < -0.39 is 0 Å². The van der Waals surface area contributed by atoms with Gasteiger partial charge in [-0.3, -0.25) is 0 Å². The highest BCUT2D eigenvalue weighted by molar-refractivity contribution is 6.03. The van der Waals surface area contributed by atoms with E-state index in [9.17, 15) is 0 Å². The third-order valence-corrected chi connectivity index (χ3v) is 21.4. The van der Waals surface area contributed by atoms with E-state index in [1.807, 2.05) is 12.1 Å². The van der Waals surface area contributed by atoms with Crippen LogP contribution in [0.15, 0.2) is 328 Å². The van der Waals surface area contributed by atoms with Gasteiger partial charge in [0, 0.05) is 88.6 Å². The third kappa shape index (κ3) is 13.6. The van der Waals surface area contributed by atoms with E-state index in [2.05, 4.69) is 396 Å². The van der Waals surface area contributed by atoms with Crippen molar-refractivity contribution in [2.24, 2.45) is 0 Å². The molecule has 0 saturated heterocycles. The molecule has 10 aromatic carbocycles. The first-order chi connectivity index (χ1) is 56.4. The lowest BCUT2D eigenvalue weighted by atomic mass is 10.0. The first-order valence-electron chi connectivity index (χ1n) is 38.4. The van der Waals surface area contributed by atoms with Crippen molar-refractivity contribution < 1.29 is 9.47 Å². The maximum Gasteiger partial charge on any atom is 0.120 e. The van der Waals surface area contributed by atoms with Crippen LogP contribution in [-0.4, -0.2) is 39.9 Å². The molecule has 0 amide bonds. The van der Waals surface area contributed by atoms with Crippen molar-refractivity contribution in [3.8, 4) is 101 Å². The number of hydrogen-bond acceptors (Lipinski definition) is 6. The lowest BCUT2D eigenvalue weighted by Gasteiger charge is -2.10. The van der Waals surface area contributed by atoms with Crippen LogP contribution >= 0.6 is 0 Å². The van der Waals surface area contributed by atoms with Crippen LogP contribution in [-0.2, 0) is 13.2 Å². The fourth-order valence-electron chi connectivity index (χ4n) is 15.9. The van der Waals surface area contributed by atoms with Crippen molar-refractivity contribution in [1.82, 2.24) is 39.9 Å². The molecule has 10 nitrogen and oxygen atoms in total. The molecule has 16 bridgehead atoms. The number of H-pyrrole nitrogens is 4. The SMILES string of the molecule is C1=Cc2nc1c(-c1ccccc1)c1ccc([nH]1)c(-c1ccccc1)c1nc(c(-c3cccc(OCc4ccc(/C=C\c5ccc(COc6cccc(-c7c8nc(c(-c9ccccc9)c9ccc([nH]9)c(-c9ccccc9)c9nc(c(-c%10ccccc%10)c%10ccc7[nH]%10)C=C9)C=C8)c6)cc5)cc4)c3)c3ccc([nH]3)c2-c2ccccc2)C=C1. The Morgan fingerprint density at radius 3 is 0.623 bits per heavy atom. The van der Waals surface area contributed by atoms with Gasteiger partial charge in [-0.15, -0.1) is 0 Å². The Labute approximate surface area is 659 Å². The Morgan fingerprint density at radius 2 is 0.404 bits per heavy atom. The predicted molar refractivity (Wildman–Crippen MR) is 472 cm³/mol. The summed E-state index contributed by atoms with van der Waals surface area (Å²) in [5.74, 6) is 1.49. The summed E-state index contributed by atoms with van der Waals surface area (Å²) < 4.78 is 13.3. The van der Waals surface area contributed by atoms with Crippen LogP contribution in [0.5, 0.6) is 11.5 Å². The fourth-order valence-corrected chi connectivity index (χ4v) is 15.9. The standard InChI is InChI=1S/C104H72N8O2/c1-7-21-71(22-8-1)97-81-47-51-85(105-81)99(73-25-11-3-12-26-73)89-55-59-93(109-89)103(94-60-56-90(110-94)100(74-27-13-4-14-28-74)86-52-48-82(97)106-86)77-33-19-35-79(63-77)113-65-69-43-39-67(40-44-69)37-38-68-41-45-70(46-42-68)66-114-80-36-20-34-78(64-80)104-95-61-57-91(111-95)101(75-29-15-5-16-30-75)87-53-49-83(107-87)98(72-23-9-2-10-24-72)84-50-54-88(108-84)102(76-31-17-6-18-32-76)92-58-62-96(104)112-92/h1-64,105,107,110,112H,65-66H2/b38-37-,97-81?,97-82?,98-83?,98-84?,99-85?,99-89?,100-86?,100-90?,101-87?,101-91?,102-88?,102-92?,103-93?,103-94?,104-95?,104-96?. The second-order valence-electron chi connectivity index (χ2n) is 28.7. The lowest BCUT2D eigenvalue weighted by molar-refractivity contribution is 0.306. The van der Waals surface area contributed by atoms with Gasteiger partial charge in [-0.25, -0.2) is 19.9 Å². The molecule has 0 fully saturated rings. The molecule has 20 rings (SSSR count). The number of aromatic nitrogens is 8. The van der Waals surface area contributed by atoms with Gasteiger partial charge in [0.15, 0.2) is 0 Å². The van der Waals surface area contributed by atoms with Crippen molar-refractivity contribution in [3.05, 3.63) is 395 Å². The van der Waals surface area contributed by atoms with Gasteiger partial charge in [0.05, 0.1) is 45.6 Å². The first-order valence-corrected chi connectivity index (χ1v) is 38.4. The third-order valence-electron chi connectivity index (χ3n) is 21.4. The summed E-state index contributed by atoms with van der Waals surface area (Å²) in [7, 11) is 0. The molecule has 114 heavy (non-hydrogen) atoms. The van der Waals surface area contributed by atoms with E-state index in [1.54, 1.807) is 0 Å². The molecule has 0 saturated carbocycles. The molecular formula is C104H72N8O2. The lowest BCUT2D eigenvalue weighted by Crippen LogP contribution is -1.96. The van der Waals surface area contributed by atoms with Gasteiger partial charge in [-0.1, -0.05) is 267 Å². The zero-order valence-corrected chi connectivity index (χ0v) is 62.0. The minimum Gasteiger partial charge on any atom is -0.489 e. The minimum absolute atomic E-state index is 0.381. The van der Waals surface area contributed by atoms with E-state index in [0.29, 0.717) is 13.2 Å². The molecule has 0 aliphatic carbocycles. The highest BCUT2D eigenvalue weighted by Gasteiger charge is 2.23. The van der Waals surface area contributed by atoms with Crippen LogP contribution in [0, 0.1) is 0 Å². The molecule has 0 atom stereocenters. The number of rotatable bonds is 16. The molecule has 6 aromatic heterocycles. The first kappa shape index (κ1) is 68.0. The van der Waals surface area contributed by atoms with Gasteiger partial charge in [-0.2, -0.15) is 0 Å². The molecular weight excluding hydrogens is 1390 g/mol. The fraction of sp³-hybridized carbons (Fsp3) is 0.0192. The van der Waals surface area contributed by atoms with Crippen LogP contribution < -0.4 is 9.47 Å². The van der Waals surface area contributed by atoms with Crippen molar-refractivity contribution in [3.63, 3.8) is 0 Å².